The first-order valence-electron chi connectivity index (χ1n) is 7.28. The quantitative estimate of drug-likeness (QED) is 0.277. The number of hydrogen-bond donors (Lipinski definition) is 0. The van der Waals surface area contributed by atoms with E-state index in [1.165, 1.54) is 25.2 Å². The van der Waals surface area contributed by atoms with Gasteiger partial charge in [-0.1, -0.05) is 40.3 Å². The molecule has 0 radical (unpaired) electrons. The molecule has 0 spiro atoms. The van der Waals surface area contributed by atoms with Crippen LogP contribution in [0.4, 0.5) is 4.39 Å². The standard InChI is InChI=1S/C15H14BrFN2O5S2/c1-18(8-9-2-3-12(17)10(4-9)7-16)26(23,24)15-13(20)5-11(19(21)22)6-14(15)25/h2-5,15H,6-8H2,1H3. The molecule has 0 amide bonds. The van der Waals surface area contributed by atoms with Crippen molar-refractivity contribution in [3.8, 4) is 0 Å². The summed E-state index contributed by atoms with van der Waals surface area (Å²) in [7, 11) is -2.89. The summed E-state index contributed by atoms with van der Waals surface area (Å²) in [6.45, 7) is -0.0964. The minimum atomic E-state index is -4.17. The van der Waals surface area contributed by atoms with Crippen molar-refractivity contribution < 1.29 is 22.5 Å². The molecule has 26 heavy (non-hydrogen) atoms. The fourth-order valence-electron chi connectivity index (χ4n) is 2.51. The van der Waals surface area contributed by atoms with Gasteiger partial charge in [0, 0.05) is 23.8 Å². The Morgan fingerprint density at radius 3 is 2.65 bits per heavy atom. The van der Waals surface area contributed by atoms with Crippen molar-refractivity contribution in [1.82, 2.24) is 4.31 Å². The number of alkyl halides is 1. The van der Waals surface area contributed by atoms with Crippen LogP contribution in [0, 0.1) is 15.9 Å². The molecule has 0 aliphatic heterocycles. The lowest BCUT2D eigenvalue weighted by molar-refractivity contribution is -0.426. The molecule has 7 nitrogen and oxygen atoms in total. The third-order valence-corrected chi connectivity index (χ3v) is 7.09. The van der Waals surface area contributed by atoms with Crippen molar-refractivity contribution >= 4 is 48.8 Å². The van der Waals surface area contributed by atoms with Crippen LogP contribution in [0.1, 0.15) is 17.5 Å². The smallest absolute Gasteiger partial charge is 0.254 e. The van der Waals surface area contributed by atoms with Crippen molar-refractivity contribution in [3.05, 3.63) is 57.0 Å². The molecule has 1 atom stereocenters. The molecule has 1 aliphatic carbocycles. The predicted molar refractivity (Wildman–Crippen MR) is 101 cm³/mol. The Hall–Kier alpha value is -1.56. The summed E-state index contributed by atoms with van der Waals surface area (Å²) in [5, 5.41) is 9.43. The molecule has 0 bridgehead atoms. The van der Waals surface area contributed by atoms with Crippen LogP contribution < -0.4 is 0 Å². The van der Waals surface area contributed by atoms with Crippen molar-refractivity contribution in [2.75, 3.05) is 7.05 Å². The Kier molecular flexibility index (Phi) is 6.37. The zero-order valence-electron chi connectivity index (χ0n) is 13.5. The molecule has 11 heteroatoms. The number of carbonyl (C=O) groups is 1. The number of carbonyl (C=O) groups excluding carboxylic acids is 1. The van der Waals surface area contributed by atoms with Gasteiger partial charge in [-0.2, -0.15) is 4.31 Å². The van der Waals surface area contributed by atoms with Crippen LogP contribution in [0.5, 0.6) is 0 Å². The lowest BCUT2D eigenvalue weighted by Gasteiger charge is -2.25. The monoisotopic (exact) mass is 464 g/mol. The Morgan fingerprint density at radius 2 is 2.12 bits per heavy atom. The molecule has 1 aromatic carbocycles. The number of nitro groups is 1. The highest BCUT2D eigenvalue weighted by Gasteiger charge is 2.43. The first-order valence-corrected chi connectivity index (χ1v) is 10.3. The Morgan fingerprint density at radius 1 is 1.46 bits per heavy atom. The lowest BCUT2D eigenvalue weighted by atomic mass is 10.0. The molecule has 140 valence electrons. The van der Waals surface area contributed by atoms with Crippen molar-refractivity contribution in [1.29, 1.82) is 0 Å². The molecular formula is C15H14BrFN2O5S2. The maximum absolute atomic E-state index is 13.6. The average Bonchev–Trinajstić information content (AvgIpc) is 2.55. The molecule has 0 N–H and O–H groups in total. The second-order valence-corrected chi connectivity index (χ2v) is 8.89. The van der Waals surface area contributed by atoms with Crippen LogP contribution in [0.25, 0.3) is 0 Å². The SMILES string of the molecule is CN(Cc1ccc(F)c(CBr)c1)S(=O)(=O)C1C(=O)C=C([N+](=O)[O-])CC1=S. The summed E-state index contributed by atoms with van der Waals surface area (Å²) in [5.74, 6) is -1.35. The highest BCUT2D eigenvalue weighted by molar-refractivity contribution is 9.08. The number of thiocarbonyl (C=S) groups is 1. The fraction of sp³-hybridized carbons (Fsp3) is 0.333. The Labute approximate surface area is 163 Å². The van der Waals surface area contributed by atoms with Crippen LogP contribution in [0.15, 0.2) is 30.0 Å². The van der Waals surface area contributed by atoms with Crippen LogP contribution in [-0.2, 0) is 26.7 Å². The topological polar surface area (TPSA) is 97.6 Å². The van der Waals surface area contributed by atoms with E-state index in [2.05, 4.69) is 15.9 Å². The van der Waals surface area contributed by atoms with E-state index in [1.807, 2.05) is 0 Å². The van der Waals surface area contributed by atoms with E-state index in [1.54, 1.807) is 0 Å². The maximum atomic E-state index is 13.6. The van der Waals surface area contributed by atoms with E-state index in [9.17, 15) is 27.7 Å². The van der Waals surface area contributed by atoms with E-state index < -0.39 is 37.5 Å². The Balaban J connectivity index is 2.28. The molecular weight excluding hydrogens is 451 g/mol. The first-order chi connectivity index (χ1) is 12.1. The molecule has 1 aromatic rings. The zero-order chi connectivity index (χ0) is 19.6. The second-order valence-electron chi connectivity index (χ2n) is 5.68. The first kappa shape index (κ1) is 20.7. The third kappa shape index (κ3) is 4.22. The van der Waals surface area contributed by atoms with Gasteiger partial charge in [-0.3, -0.25) is 14.9 Å². The zero-order valence-corrected chi connectivity index (χ0v) is 16.7. The molecule has 0 fully saturated rings. The predicted octanol–water partition coefficient (Wildman–Crippen LogP) is 2.35. The van der Waals surface area contributed by atoms with Crippen molar-refractivity contribution in [2.45, 2.75) is 23.5 Å². The van der Waals surface area contributed by atoms with E-state index in [0.29, 0.717) is 17.2 Å². The molecule has 0 saturated heterocycles. The summed E-state index contributed by atoms with van der Waals surface area (Å²) in [4.78, 5) is 22.0. The number of rotatable bonds is 6. The van der Waals surface area contributed by atoms with Crippen molar-refractivity contribution in [2.24, 2.45) is 0 Å². The normalized spacial score (nSPS) is 18.2. The molecule has 1 unspecified atom stereocenters. The minimum Gasteiger partial charge on any atom is -0.293 e. The van der Waals surface area contributed by atoms with E-state index in [4.69, 9.17) is 12.2 Å². The van der Waals surface area contributed by atoms with Crippen LogP contribution in [0.2, 0.25) is 0 Å². The minimum absolute atomic E-state index is 0.0964. The van der Waals surface area contributed by atoms with Crippen LogP contribution >= 0.6 is 28.1 Å². The molecule has 2 rings (SSSR count). The molecule has 1 aliphatic rings. The summed E-state index contributed by atoms with van der Waals surface area (Å²) in [5.41, 5.74) is 0.480. The van der Waals surface area contributed by atoms with Gasteiger partial charge in [-0.05, 0) is 17.2 Å². The molecule has 0 heterocycles. The molecule has 0 saturated carbocycles. The summed E-state index contributed by atoms with van der Waals surface area (Å²) in [6, 6.07) is 4.19. The van der Waals surface area contributed by atoms with Gasteiger partial charge in [0.2, 0.25) is 10.0 Å². The highest BCUT2D eigenvalue weighted by atomic mass is 79.9. The lowest BCUT2D eigenvalue weighted by Crippen LogP contribution is -2.46. The summed E-state index contributed by atoms with van der Waals surface area (Å²) < 4.78 is 40.0. The van der Waals surface area contributed by atoms with Gasteiger partial charge in [0.15, 0.2) is 11.0 Å². The largest absolute Gasteiger partial charge is 0.293 e. The Bertz CT molecular complexity index is 917. The number of hydrogen-bond acceptors (Lipinski definition) is 6. The summed E-state index contributed by atoms with van der Waals surface area (Å²) in [6.07, 6.45) is 0.350. The third-order valence-electron chi connectivity index (χ3n) is 3.84. The van der Waals surface area contributed by atoms with Gasteiger partial charge in [0.1, 0.15) is 5.82 Å². The number of benzene rings is 1. The van der Waals surface area contributed by atoms with E-state index in [-0.39, 0.29) is 23.2 Å². The second kappa shape index (κ2) is 7.99. The average molecular weight is 465 g/mol. The summed E-state index contributed by atoms with van der Waals surface area (Å²) >= 11 is 8.11. The van der Waals surface area contributed by atoms with E-state index in [0.717, 1.165) is 4.31 Å². The van der Waals surface area contributed by atoms with Crippen LogP contribution in [-0.4, -0.2) is 40.6 Å². The number of sulfonamides is 1. The number of halogens is 2. The van der Waals surface area contributed by atoms with Gasteiger partial charge in [0.05, 0.1) is 17.4 Å². The van der Waals surface area contributed by atoms with Gasteiger partial charge < -0.3 is 0 Å². The van der Waals surface area contributed by atoms with Gasteiger partial charge in [-0.25, -0.2) is 12.8 Å². The van der Waals surface area contributed by atoms with Crippen molar-refractivity contribution in [3.63, 3.8) is 0 Å². The van der Waals surface area contributed by atoms with Gasteiger partial charge >= 0.3 is 0 Å². The number of nitrogens with zero attached hydrogens (tertiary/aromatic N) is 2. The maximum Gasteiger partial charge on any atom is 0.254 e. The van der Waals surface area contributed by atoms with Crippen LogP contribution in [0.3, 0.4) is 0 Å². The van der Waals surface area contributed by atoms with Gasteiger partial charge in [-0.15, -0.1) is 0 Å². The molecule has 0 aromatic heterocycles. The number of allylic oxidation sites excluding steroid dienone is 2. The van der Waals surface area contributed by atoms with E-state index >= 15 is 0 Å². The highest BCUT2D eigenvalue weighted by Crippen LogP contribution is 2.24. The fourth-order valence-corrected chi connectivity index (χ4v) is 5.03. The van der Waals surface area contributed by atoms with Gasteiger partial charge in [0.25, 0.3) is 5.70 Å². The number of ketones is 1.